The molecule has 4 heterocycles. The molecule has 2 aromatic heterocycles. The van der Waals surface area contributed by atoms with Crippen LogP contribution in [0.3, 0.4) is 0 Å². The van der Waals surface area contributed by atoms with Crippen molar-refractivity contribution in [3.63, 3.8) is 0 Å². The van der Waals surface area contributed by atoms with E-state index in [0.29, 0.717) is 74.8 Å². The molecule has 0 saturated carbocycles. The predicted molar refractivity (Wildman–Crippen MR) is 238 cm³/mol. The number of oxime groups is 2. The molecule has 2 unspecified atom stereocenters. The highest BCUT2D eigenvalue weighted by atomic mass is 35.5. The molecule has 1 saturated heterocycles. The second kappa shape index (κ2) is 22.9. The SMILES string of the molecule is C/C(=N\O)c1ccc(Cl)c(Cl)c1.Clc1ccc(C2=NOC3OCCC23)cc1Cl.O=C(O)Cc1conc1-c1ccc(Cl)c(Cl)c1.OCCc1conc1-c1ccc(Cl)c(Cl)c1. The summed E-state index contributed by atoms with van der Waals surface area (Å²) in [7, 11) is 0. The van der Waals surface area contributed by atoms with Crippen LogP contribution in [0.4, 0.5) is 0 Å². The van der Waals surface area contributed by atoms with Gasteiger partial charge in [0.1, 0.15) is 23.9 Å². The number of aliphatic hydroxyl groups is 1. The maximum Gasteiger partial charge on any atom is 0.308 e. The number of hydrogen-bond donors (Lipinski definition) is 3. The van der Waals surface area contributed by atoms with Gasteiger partial charge in [0, 0.05) is 46.4 Å². The van der Waals surface area contributed by atoms with Crippen molar-refractivity contribution in [2.24, 2.45) is 16.2 Å². The summed E-state index contributed by atoms with van der Waals surface area (Å²) in [5.74, 6) is -0.730. The van der Waals surface area contributed by atoms with E-state index in [1.54, 1.807) is 61.5 Å². The molecule has 4 aromatic carbocycles. The quantitative estimate of drug-likeness (QED) is 0.0757. The largest absolute Gasteiger partial charge is 0.481 e. The Kier molecular flexibility index (Phi) is 18.0. The summed E-state index contributed by atoms with van der Waals surface area (Å²) in [6.07, 6.45) is 3.89. The van der Waals surface area contributed by atoms with Crippen LogP contribution < -0.4 is 0 Å². The monoisotopic (exact) mass is 988 g/mol. The highest BCUT2D eigenvalue weighted by Gasteiger charge is 2.40. The minimum Gasteiger partial charge on any atom is -0.481 e. The Labute approximate surface area is 389 Å². The van der Waals surface area contributed by atoms with Gasteiger partial charge in [-0.15, -0.1) is 0 Å². The highest BCUT2D eigenvalue weighted by Crippen LogP contribution is 2.34. The first kappa shape index (κ1) is 48.0. The fraction of sp³-hybridized carbons (Fsp3) is 0.195. The number of nitrogens with zero attached hydrogens (tertiary/aromatic N) is 4. The molecule has 12 nitrogen and oxygen atoms in total. The van der Waals surface area contributed by atoms with Crippen LogP contribution in [0, 0.1) is 5.92 Å². The molecule has 1 fully saturated rings. The average molecular weight is 992 g/mol. The lowest BCUT2D eigenvalue weighted by Crippen LogP contribution is -2.18. The number of carboxylic acid groups (broad SMARTS) is 1. The van der Waals surface area contributed by atoms with Gasteiger partial charge < -0.3 is 34.0 Å². The van der Waals surface area contributed by atoms with Crippen molar-refractivity contribution in [1.82, 2.24) is 10.3 Å². The number of rotatable bonds is 8. The number of carboxylic acids is 1. The van der Waals surface area contributed by atoms with Gasteiger partial charge in [0.25, 0.3) is 0 Å². The molecule has 6 aromatic rings. The van der Waals surface area contributed by atoms with Crippen LogP contribution in [0.15, 0.2) is 105 Å². The molecule has 2 atom stereocenters. The van der Waals surface area contributed by atoms with Gasteiger partial charge in [-0.2, -0.15) is 0 Å². The molecule has 0 aliphatic carbocycles. The molecule has 3 N–H and O–H groups in total. The van der Waals surface area contributed by atoms with Gasteiger partial charge in [-0.3, -0.25) is 4.79 Å². The van der Waals surface area contributed by atoms with Gasteiger partial charge in [-0.05, 0) is 61.9 Å². The second-order valence-electron chi connectivity index (χ2n) is 12.8. The Morgan fingerprint density at radius 1 is 0.705 bits per heavy atom. The van der Waals surface area contributed by atoms with Crippen LogP contribution in [-0.2, 0) is 27.2 Å². The number of aliphatic carboxylic acids is 1. The summed E-state index contributed by atoms with van der Waals surface area (Å²) < 4.78 is 15.1. The fourth-order valence-corrected chi connectivity index (χ4v) is 6.87. The Hall–Kier alpha value is -4.05. The molecule has 320 valence electrons. The highest BCUT2D eigenvalue weighted by molar-refractivity contribution is 6.43. The minimum atomic E-state index is -0.950. The first-order chi connectivity index (χ1) is 29.2. The number of hydrogen-bond acceptors (Lipinski definition) is 11. The zero-order valence-corrected chi connectivity index (χ0v) is 37.5. The van der Waals surface area contributed by atoms with Crippen molar-refractivity contribution in [1.29, 1.82) is 0 Å². The lowest BCUT2D eigenvalue weighted by atomic mass is 9.96. The Morgan fingerprint density at radius 3 is 1.70 bits per heavy atom. The Morgan fingerprint density at radius 2 is 1.20 bits per heavy atom. The second-order valence-corrected chi connectivity index (χ2v) is 16.1. The van der Waals surface area contributed by atoms with E-state index in [9.17, 15) is 4.79 Å². The summed E-state index contributed by atoms with van der Waals surface area (Å²) in [5, 5.41) is 44.6. The van der Waals surface area contributed by atoms with Gasteiger partial charge in [-0.1, -0.05) is 138 Å². The van der Waals surface area contributed by atoms with Crippen molar-refractivity contribution in [3.05, 3.63) is 148 Å². The summed E-state index contributed by atoms with van der Waals surface area (Å²) in [6, 6.07) is 20.7. The summed E-state index contributed by atoms with van der Waals surface area (Å²) in [5.41, 5.74) is 7.11. The smallest absolute Gasteiger partial charge is 0.308 e. The van der Waals surface area contributed by atoms with E-state index in [1.165, 1.54) is 12.5 Å². The number of ether oxygens (including phenoxy) is 1. The van der Waals surface area contributed by atoms with Crippen molar-refractivity contribution < 1.29 is 38.8 Å². The Balaban J connectivity index is 0.000000155. The third-order valence-electron chi connectivity index (χ3n) is 8.74. The van der Waals surface area contributed by atoms with Crippen LogP contribution in [0.5, 0.6) is 0 Å². The first-order valence-electron chi connectivity index (χ1n) is 17.7. The third-order valence-corrected chi connectivity index (χ3v) is 11.7. The number of aromatic nitrogens is 2. The Bertz CT molecular complexity index is 2530. The minimum absolute atomic E-state index is 0.0511. The van der Waals surface area contributed by atoms with Crippen LogP contribution in [0.25, 0.3) is 22.5 Å². The summed E-state index contributed by atoms with van der Waals surface area (Å²) >= 11 is 46.7. The predicted octanol–water partition coefficient (Wildman–Crippen LogP) is 12.7. The maximum absolute atomic E-state index is 10.7. The third kappa shape index (κ3) is 13.0. The van der Waals surface area contributed by atoms with E-state index in [2.05, 4.69) is 20.6 Å². The van der Waals surface area contributed by atoms with Crippen LogP contribution in [-0.4, -0.2) is 62.6 Å². The van der Waals surface area contributed by atoms with Gasteiger partial charge >= 0.3 is 5.97 Å². The molecule has 8 rings (SSSR count). The fourth-order valence-electron chi connectivity index (χ4n) is 5.67. The molecule has 0 amide bonds. The molecule has 2 aliphatic rings. The van der Waals surface area contributed by atoms with Gasteiger partial charge in [0.15, 0.2) is 0 Å². The lowest BCUT2D eigenvalue weighted by molar-refractivity contribution is -0.136. The van der Waals surface area contributed by atoms with Crippen LogP contribution in [0.2, 0.25) is 40.2 Å². The molecule has 20 heteroatoms. The van der Waals surface area contributed by atoms with Gasteiger partial charge in [-0.25, -0.2) is 0 Å². The number of aliphatic hydroxyl groups excluding tert-OH is 1. The zero-order chi connectivity index (χ0) is 44.2. The number of carbonyl (C=O) groups is 1. The van der Waals surface area contributed by atoms with E-state index in [1.807, 2.05) is 18.2 Å². The average Bonchev–Trinajstić information content (AvgIpc) is 4.07. The van der Waals surface area contributed by atoms with E-state index < -0.39 is 5.97 Å². The molecule has 2 aliphatic heterocycles. The molecular formula is C41H32Cl8N4O8. The van der Waals surface area contributed by atoms with Crippen molar-refractivity contribution >= 4 is 110 Å². The molecular weight excluding hydrogens is 960 g/mol. The van der Waals surface area contributed by atoms with Crippen molar-refractivity contribution in [3.8, 4) is 22.5 Å². The van der Waals surface area contributed by atoms with Gasteiger partial charge in [0.2, 0.25) is 6.29 Å². The lowest BCUT2D eigenvalue weighted by Gasteiger charge is -2.08. The summed E-state index contributed by atoms with van der Waals surface area (Å²) in [6.45, 7) is 2.45. The molecule has 61 heavy (non-hydrogen) atoms. The number of fused-ring (bicyclic) bond motifs is 1. The molecule has 0 radical (unpaired) electrons. The van der Waals surface area contributed by atoms with E-state index in [0.717, 1.165) is 41.0 Å². The standard InChI is InChI=1S/C11H7Cl2NO3.2C11H9Cl2NO2.C8H7Cl2NO/c12-8-2-1-6(3-9(8)13)11-7(4-10(15)16)5-17-14-11;12-8-2-1-6(5-9(8)13)10-7-3-4-15-11(7)16-14-10;12-9-2-1-7(5-10(9)13)11-8(3-4-15)6-16-14-11;1-5(11-12)6-2-3-7(9)8(10)4-6/h1-3,5H,4H2,(H,15,16);1-2,5,7,11H,3-4H2;1-2,5-6,15H,3-4H2;2-4,12H,1H3/b;;;11-5+. The summed E-state index contributed by atoms with van der Waals surface area (Å²) in [4.78, 5) is 15.9. The topological polar surface area (TPSA) is 173 Å². The van der Waals surface area contributed by atoms with E-state index in [4.69, 9.17) is 127 Å². The van der Waals surface area contributed by atoms with E-state index >= 15 is 0 Å². The maximum atomic E-state index is 10.7. The van der Waals surface area contributed by atoms with Gasteiger partial charge in [0.05, 0.1) is 70.6 Å². The number of halogens is 8. The van der Waals surface area contributed by atoms with Crippen LogP contribution >= 0.6 is 92.8 Å². The number of benzene rings is 4. The van der Waals surface area contributed by atoms with Crippen LogP contribution in [0.1, 0.15) is 35.6 Å². The zero-order valence-electron chi connectivity index (χ0n) is 31.5. The van der Waals surface area contributed by atoms with Crippen molar-refractivity contribution in [2.75, 3.05) is 13.2 Å². The molecule has 0 bridgehead atoms. The van der Waals surface area contributed by atoms with Crippen molar-refractivity contribution in [2.45, 2.75) is 32.5 Å². The first-order valence-corrected chi connectivity index (χ1v) is 20.8. The molecule has 0 spiro atoms. The van der Waals surface area contributed by atoms with E-state index in [-0.39, 0.29) is 25.2 Å². The normalized spacial score (nSPS) is 15.2.